The van der Waals surface area contributed by atoms with Gasteiger partial charge in [0, 0.05) is 17.1 Å². The maximum absolute atomic E-state index is 12.4. The molecule has 1 amide bonds. The molecule has 0 aliphatic carbocycles. The van der Waals surface area contributed by atoms with Crippen LogP contribution in [-0.4, -0.2) is 28.0 Å². The summed E-state index contributed by atoms with van der Waals surface area (Å²) in [5.41, 5.74) is -0.153. The van der Waals surface area contributed by atoms with Crippen molar-refractivity contribution in [1.82, 2.24) is 4.90 Å². The number of benzene rings is 1. The number of amides is 1. The fraction of sp³-hybridized carbons (Fsp3) is 0.357. The van der Waals surface area contributed by atoms with Gasteiger partial charge in [-0.2, -0.15) is 0 Å². The van der Waals surface area contributed by atoms with Crippen LogP contribution < -0.4 is 0 Å². The molecule has 0 saturated carbocycles. The van der Waals surface area contributed by atoms with Gasteiger partial charge in [0.25, 0.3) is 5.91 Å². The van der Waals surface area contributed by atoms with Crippen LogP contribution in [0.1, 0.15) is 31.1 Å². The molecule has 0 aliphatic heterocycles. The summed E-state index contributed by atoms with van der Waals surface area (Å²) in [7, 11) is 0. The molecule has 4 heteroatoms. The van der Waals surface area contributed by atoms with Gasteiger partial charge in [0.15, 0.2) is 0 Å². The van der Waals surface area contributed by atoms with Gasteiger partial charge in [-0.25, -0.2) is 0 Å². The predicted molar refractivity (Wildman–Crippen MR) is 74.1 cm³/mol. The molecule has 0 atom stereocenters. The van der Waals surface area contributed by atoms with E-state index in [-0.39, 0.29) is 22.8 Å². The lowest BCUT2D eigenvalue weighted by molar-refractivity contribution is 0.0613. The van der Waals surface area contributed by atoms with E-state index in [0.717, 1.165) is 0 Å². The molecule has 1 rings (SSSR count). The van der Waals surface area contributed by atoms with E-state index < -0.39 is 0 Å². The van der Waals surface area contributed by atoms with Gasteiger partial charge in [-0.05, 0) is 39.0 Å². The highest BCUT2D eigenvalue weighted by Gasteiger charge is 2.27. The second-order valence-corrected chi connectivity index (χ2v) is 5.47. The molecule has 0 bridgehead atoms. The molecule has 18 heavy (non-hydrogen) atoms. The Morgan fingerprint density at radius 1 is 1.50 bits per heavy atom. The monoisotopic (exact) mass is 267 g/mol. The number of hydrogen-bond acceptors (Lipinski definition) is 2. The number of rotatable bonds is 3. The van der Waals surface area contributed by atoms with Crippen LogP contribution in [0.2, 0.25) is 5.02 Å². The van der Waals surface area contributed by atoms with Crippen LogP contribution >= 0.6 is 11.6 Å². The van der Waals surface area contributed by atoms with Crippen molar-refractivity contribution in [3.05, 3.63) is 41.4 Å². The first-order valence-electron chi connectivity index (χ1n) is 5.68. The first-order valence-corrected chi connectivity index (χ1v) is 6.06. The van der Waals surface area contributed by atoms with Gasteiger partial charge in [-0.15, -0.1) is 6.58 Å². The van der Waals surface area contributed by atoms with Gasteiger partial charge in [-0.1, -0.05) is 17.7 Å². The van der Waals surface area contributed by atoms with Crippen LogP contribution in [0.4, 0.5) is 0 Å². The van der Waals surface area contributed by atoms with Crippen molar-refractivity contribution in [3.63, 3.8) is 0 Å². The third-order valence-electron chi connectivity index (χ3n) is 2.56. The Hall–Kier alpha value is -1.48. The van der Waals surface area contributed by atoms with E-state index in [1.807, 2.05) is 20.8 Å². The number of carbonyl (C=O) groups excluding carboxylic acids is 1. The van der Waals surface area contributed by atoms with E-state index in [0.29, 0.717) is 11.6 Å². The first-order chi connectivity index (χ1) is 8.27. The molecule has 98 valence electrons. The highest BCUT2D eigenvalue weighted by atomic mass is 35.5. The zero-order valence-electron chi connectivity index (χ0n) is 10.9. The molecule has 0 heterocycles. The molecule has 0 fully saturated rings. The van der Waals surface area contributed by atoms with Gasteiger partial charge in [0.2, 0.25) is 0 Å². The van der Waals surface area contributed by atoms with Crippen molar-refractivity contribution in [2.24, 2.45) is 0 Å². The van der Waals surface area contributed by atoms with Crippen LogP contribution in [0.5, 0.6) is 5.75 Å². The van der Waals surface area contributed by atoms with Gasteiger partial charge >= 0.3 is 0 Å². The number of phenolic OH excluding ortho intramolecular Hbond substituents is 1. The van der Waals surface area contributed by atoms with Crippen molar-refractivity contribution in [1.29, 1.82) is 0 Å². The number of halogens is 1. The van der Waals surface area contributed by atoms with Crippen LogP contribution in [0.15, 0.2) is 30.9 Å². The lowest BCUT2D eigenvalue weighted by Gasteiger charge is -2.35. The molecule has 3 nitrogen and oxygen atoms in total. The van der Waals surface area contributed by atoms with Crippen molar-refractivity contribution in [2.75, 3.05) is 6.54 Å². The topological polar surface area (TPSA) is 40.5 Å². The normalized spacial score (nSPS) is 11.1. The fourth-order valence-corrected chi connectivity index (χ4v) is 1.79. The average Bonchev–Trinajstić information content (AvgIpc) is 2.27. The Balaban J connectivity index is 3.17. The summed E-state index contributed by atoms with van der Waals surface area (Å²) in [6.07, 6.45) is 1.66. The Bertz CT molecular complexity index is 463. The summed E-state index contributed by atoms with van der Waals surface area (Å²) in [4.78, 5) is 14.0. The van der Waals surface area contributed by atoms with Crippen molar-refractivity contribution in [2.45, 2.75) is 26.3 Å². The van der Waals surface area contributed by atoms with Crippen molar-refractivity contribution in [3.8, 4) is 5.75 Å². The summed E-state index contributed by atoms with van der Waals surface area (Å²) in [6, 6.07) is 4.44. The largest absolute Gasteiger partial charge is 0.507 e. The number of nitrogens with zero attached hydrogens (tertiary/aromatic N) is 1. The standard InChI is InChI=1S/C14H18ClNO2/c1-5-8-16(14(2,3)4)13(18)11-9-10(15)6-7-12(11)17/h5-7,9,17H,1,8H2,2-4H3. The lowest BCUT2D eigenvalue weighted by atomic mass is 10.0. The minimum atomic E-state index is -0.361. The Morgan fingerprint density at radius 2 is 2.11 bits per heavy atom. The number of phenols is 1. The molecule has 1 N–H and O–H groups in total. The molecule has 0 aliphatic rings. The Morgan fingerprint density at radius 3 is 2.61 bits per heavy atom. The van der Waals surface area contributed by atoms with E-state index in [4.69, 9.17) is 11.6 Å². The minimum absolute atomic E-state index is 0.0669. The van der Waals surface area contributed by atoms with Crippen molar-refractivity contribution >= 4 is 17.5 Å². The van der Waals surface area contributed by atoms with E-state index >= 15 is 0 Å². The third kappa shape index (κ3) is 3.26. The van der Waals surface area contributed by atoms with Gasteiger partial charge in [-0.3, -0.25) is 4.79 Å². The summed E-state index contributed by atoms with van der Waals surface area (Å²) in [5.74, 6) is -0.329. The Labute approximate surface area is 113 Å². The number of aromatic hydroxyl groups is 1. The zero-order valence-corrected chi connectivity index (χ0v) is 11.7. The van der Waals surface area contributed by atoms with E-state index in [1.54, 1.807) is 17.0 Å². The number of carbonyl (C=O) groups is 1. The van der Waals surface area contributed by atoms with Gasteiger partial charge in [0.1, 0.15) is 5.75 Å². The zero-order chi connectivity index (χ0) is 13.9. The summed E-state index contributed by atoms with van der Waals surface area (Å²) < 4.78 is 0. The van der Waals surface area contributed by atoms with Gasteiger partial charge < -0.3 is 10.0 Å². The molecule has 1 aromatic carbocycles. The summed E-state index contributed by atoms with van der Waals surface area (Å²) in [6.45, 7) is 9.84. The van der Waals surface area contributed by atoms with Crippen LogP contribution in [0, 0.1) is 0 Å². The molecular weight excluding hydrogens is 250 g/mol. The highest BCUT2D eigenvalue weighted by Crippen LogP contribution is 2.25. The highest BCUT2D eigenvalue weighted by molar-refractivity contribution is 6.31. The molecule has 0 saturated heterocycles. The quantitative estimate of drug-likeness (QED) is 0.852. The first kappa shape index (κ1) is 14.6. The smallest absolute Gasteiger partial charge is 0.258 e. The lowest BCUT2D eigenvalue weighted by Crippen LogP contribution is -2.45. The Kier molecular flexibility index (Phi) is 4.41. The van der Waals surface area contributed by atoms with Crippen LogP contribution in [0.3, 0.4) is 0 Å². The molecular formula is C14H18ClNO2. The fourth-order valence-electron chi connectivity index (χ4n) is 1.62. The van der Waals surface area contributed by atoms with E-state index in [1.165, 1.54) is 12.1 Å². The second kappa shape index (κ2) is 5.44. The second-order valence-electron chi connectivity index (χ2n) is 5.04. The number of hydrogen-bond donors (Lipinski definition) is 1. The molecule has 0 spiro atoms. The molecule has 0 aromatic heterocycles. The summed E-state index contributed by atoms with van der Waals surface area (Å²) >= 11 is 5.85. The van der Waals surface area contributed by atoms with Crippen molar-refractivity contribution < 1.29 is 9.90 Å². The predicted octanol–water partition coefficient (Wildman–Crippen LogP) is 3.47. The van der Waals surface area contributed by atoms with Crippen LogP contribution in [-0.2, 0) is 0 Å². The molecule has 0 unspecified atom stereocenters. The third-order valence-corrected chi connectivity index (χ3v) is 2.79. The van der Waals surface area contributed by atoms with E-state index in [9.17, 15) is 9.90 Å². The van der Waals surface area contributed by atoms with Crippen LogP contribution in [0.25, 0.3) is 0 Å². The maximum Gasteiger partial charge on any atom is 0.258 e. The van der Waals surface area contributed by atoms with E-state index in [2.05, 4.69) is 6.58 Å². The molecule has 0 radical (unpaired) electrons. The minimum Gasteiger partial charge on any atom is -0.507 e. The van der Waals surface area contributed by atoms with Gasteiger partial charge in [0.05, 0.1) is 5.56 Å². The average molecular weight is 268 g/mol. The maximum atomic E-state index is 12.4. The summed E-state index contributed by atoms with van der Waals surface area (Å²) in [5, 5.41) is 10.2. The SMILES string of the molecule is C=CCN(C(=O)c1cc(Cl)ccc1O)C(C)(C)C. The molecule has 1 aromatic rings.